The fraction of sp³-hybridized carbons (Fsp3) is 0.312. The van der Waals surface area contributed by atoms with Crippen molar-refractivity contribution >= 4 is 0 Å². The van der Waals surface area contributed by atoms with Crippen LogP contribution in [0.3, 0.4) is 0 Å². The number of aromatic nitrogens is 2. The second-order valence-corrected chi connectivity index (χ2v) is 5.09. The second-order valence-electron chi connectivity index (χ2n) is 5.09. The molecule has 1 aliphatic heterocycles. The van der Waals surface area contributed by atoms with Gasteiger partial charge in [-0.05, 0) is 25.5 Å². The van der Waals surface area contributed by atoms with Crippen molar-refractivity contribution in [2.24, 2.45) is 0 Å². The maximum atomic E-state index is 4.31. The van der Waals surface area contributed by atoms with Gasteiger partial charge in [-0.15, -0.1) is 0 Å². The van der Waals surface area contributed by atoms with Crippen molar-refractivity contribution in [3.63, 3.8) is 0 Å². The molecule has 0 saturated heterocycles. The normalized spacial score (nSPS) is 15.3. The number of hydrogen-bond donors (Lipinski definition) is 1. The molecule has 0 saturated carbocycles. The van der Waals surface area contributed by atoms with Crippen molar-refractivity contribution in [1.82, 2.24) is 14.9 Å². The second kappa shape index (κ2) is 5.41. The number of rotatable bonds is 3. The van der Waals surface area contributed by atoms with E-state index in [4.69, 9.17) is 0 Å². The summed E-state index contributed by atoms with van der Waals surface area (Å²) in [5, 5.41) is 3.35. The molecule has 0 unspecified atom stereocenters. The number of aryl methyl sites for hydroxylation is 1. The average molecular weight is 253 g/mol. The number of imidazole rings is 1. The molecular weight excluding hydrogens is 234 g/mol. The van der Waals surface area contributed by atoms with E-state index < -0.39 is 0 Å². The van der Waals surface area contributed by atoms with Crippen LogP contribution >= 0.6 is 0 Å². The predicted octanol–water partition coefficient (Wildman–Crippen LogP) is 2.78. The lowest BCUT2D eigenvalue weighted by atomic mass is 10.1. The molecule has 3 rings (SSSR count). The molecule has 0 aliphatic carbocycles. The number of hydrogen-bond acceptors (Lipinski definition) is 2. The highest BCUT2D eigenvalue weighted by molar-refractivity contribution is 5.59. The minimum absolute atomic E-state index is 0.949. The summed E-state index contributed by atoms with van der Waals surface area (Å²) >= 11 is 0. The molecule has 98 valence electrons. The highest BCUT2D eigenvalue weighted by Crippen LogP contribution is 2.21. The van der Waals surface area contributed by atoms with Gasteiger partial charge >= 0.3 is 0 Å². The lowest BCUT2D eigenvalue weighted by molar-refractivity contribution is 0.652. The van der Waals surface area contributed by atoms with E-state index >= 15 is 0 Å². The molecule has 1 aromatic heterocycles. The largest absolute Gasteiger partial charge is 0.326 e. The van der Waals surface area contributed by atoms with Gasteiger partial charge in [0.25, 0.3) is 0 Å². The van der Waals surface area contributed by atoms with Gasteiger partial charge in [0.15, 0.2) is 0 Å². The van der Waals surface area contributed by atoms with Crippen LogP contribution in [0.2, 0.25) is 0 Å². The lowest BCUT2D eigenvalue weighted by Crippen LogP contribution is -2.22. The van der Waals surface area contributed by atoms with Crippen LogP contribution in [-0.2, 0) is 6.54 Å². The van der Waals surface area contributed by atoms with Gasteiger partial charge in [-0.1, -0.05) is 41.5 Å². The number of nitrogens with zero attached hydrogens (tertiary/aromatic N) is 2. The van der Waals surface area contributed by atoms with Gasteiger partial charge in [0.1, 0.15) is 0 Å². The quantitative estimate of drug-likeness (QED) is 0.852. The molecule has 1 aromatic carbocycles. The SMILES string of the molecule is Cc1ccc(-c2cncn2CC2=CCNCC2)cc1. The van der Waals surface area contributed by atoms with E-state index in [1.54, 1.807) is 0 Å². The zero-order chi connectivity index (χ0) is 13.1. The smallest absolute Gasteiger partial charge is 0.0954 e. The molecule has 3 heteroatoms. The van der Waals surface area contributed by atoms with E-state index in [0.29, 0.717) is 0 Å². The summed E-state index contributed by atoms with van der Waals surface area (Å²) in [6.45, 7) is 5.14. The Bertz CT molecular complexity index is 578. The molecule has 0 radical (unpaired) electrons. The Labute approximate surface area is 114 Å². The van der Waals surface area contributed by atoms with E-state index in [-0.39, 0.29) is 0 Å². The van der Waals surface area contributed by atoms with Crippen molar-refractivity contribution in [3.8, 4) is 11.3 Å². The molecule has 0 atom stereocenters. The third kappa shape index (κ3) is 2.76. The van der Waals surface area contributed by atoms with Crippen LogP contribution in [0.15, 0.2) is 48.4 Å². The summed E-state index contributed by atoms with van der Waals surface area (Å²) in [5.74, 6) is 0. The van der Waals surface area contributed by atoms with Crippen molar-refractivity contribution in [2.75, 3.05) is 13.1 Å². The van der Waals surface area contributed by atoms with E-state index in [1.807, 2.05) is 12.5 Å². The average Bonchev–Trinajstić information content (AvgIpc) is 2.89. The van der Waals surface area contributed by atoms with Gasteiger partial charge in [0.2, 0.25) is 0 Å². The van der Waals surface area contributed by atoms with E-state index in [9.17, 15) is 0 Å². The highest BCUT2D eigenvalue weighted by Gasteiger charge is 2.08. The van der Waals surface area contributed by atoms with Gasteiger partial charge in [-0.25, -0.2) is 4.98 Å². The van der Waals surface area contributed by atoms with Crippen molar-refractivity contribution in [2.45, 2.75) is 19.9 Å². The molecule has 3 nitrogen and oxygen atoms in total. The van der Waals surface area contributed by atoms with Crippen LogP contribution in [0.4, 0.5) is 0 Å². The summed E-state index contributed by atoms with van der Waals surface area (Å²) in [6, 6.07) is 8.63. The number of nitrogens with one attached hydrogen (secondary N) is 1. The molecule has 1 N–H and O–H groups in total. The van der Waals surface area contributed by atoms with Crippen LogP contribution in [0.25, 0.3) is 11.3 Å². The van der Waals surface area contributed by atoms with Crippen LogP contribution in [0.1, 0.15) is 12.0 Å². The third-order valence-electron chi connectivity index (χ3n) is 3.59. The standard InChI is InChI=1S/C16H19N3/c1-13-2-4-15(5-3-13)16-10-18-12-19(16)11-14-6-8-17-9-7-14/h2-6,10,12,17H,7-9,11H2,1H3. The molecule has 2 aromatic rings. The fourth-order valence-corrected chi connectivity index (χ4v) is 2.44. The molecule has 0 amide bonds. The van der Waals surface area contributed by atoms with E-state index in [1.165, 1.54) is 22.4 Å². The predicted molar refractivity (Wildman–Crippen MR) is 78.0 cm³/mol. The van der Waals surface area contributed by atoms with Crippen molar-refractivity contribution in [1.29, 1.82) is 0 Å². The lowest BCUT2D eigenvalue weighted by Gasteiger charge is -2.16. The Kier molecular flexibility index (Phi) is 3.47. The van der Waals surface area contributed by atoms with Gasteiger partial charge in [0, 0.05) is 13.1 Å². The van der Waals surface area contributed by atoms with Crippen molar-refractivity contribution in [3.05, 3.63) is 54.0 Å². The Hall–Kier alpha value is -1.87. The molecule has 0 spiro atoms. The van der Waals surface area contributed by atoms with E-state index in [2.05, 4.69) is 52.1 Å². The summed E-state index contributed by atoms with van der Waals surface area (Å²) in [6.07, 6.45) is 7.30. The summed E-state index contributed by atoms with van der Waals surface area (Å²) in [7, 11) is 0. The summed E-state index contributed by atoms with van der Waals surface area (Å²) in [5.41, 5.74) is 5.21. The van der Waals surface area contributed by atoms with Gasteiger partial charge in [0.05, 0.1) is 18.2 Å². The first-order chi connectivity index (χ1) is 9.33. The molecule has 2 heterocycles. The minimum Gasteiger partial charge on any atom is -0.326 e. The van der Waals surface area contributed by atoms with Gasteiger partial charge in [-0.2, -0.15) is 0 Å². The zero-order valence-corrected chi connectivity index (χ0v) is 11.3. The molecular formula is C16H19N3. The van der Waals surface area contributed by atoms with Crippen LogP contribution in [0, 0.1) is 6.92 Å². The maximum absolute atomic E-state index is 4.31. The topological polar surface area (TPSA) is 29.9 Å². The molecule has 19 heavy (non-hydrogen) atoms. The summed E-state index contributed by atoms with van der Waals surface area (Å²) < 4.78 is 2.24. The first kappa shape index (κ1) is 12.2. The van der Waals surface area contributed by atoms with E-state index in [0.717, 1.165) is 26.1 Å². The maximum Gasteiger partial charge on any atom is 0.0954 e. The first-order valence-corrected chi connectivity index (χ1v) is 6.79. The minimum atomic E-state index is 0.949. The third-order valence-corrected chi connectivity index (χ3v) is 3.59. The highest BCUT2D eigenvalue weighted by atomic mass is 15.0. The van der Waals surface area contributed by atoms with Crippen LogP contribution in [0.5, 0.6) is 0 Å². The number of benzene rings is 1. The zero-order valence-electron chi connectivity index (χ0n) is 11.3. The van der Waals surface area contributed by atoms with Crippen LogP contribution in [-0.4, -0.2) is 22.6 Å². The van der Waals surface area contributed by atoms with Gasteiger partial charge < -0.3 is 9.88 Å². The monoisotopic (exact) mass is 253 g/mol. The molecule has 1 aliphatic rings. The Balaban J connectivity index is 1.85. The fourth-order valence-electron chi connectivity index (χ4n) is 2.44. The Morgan fingerprint density at radius 3 is 2.84 bits per heavy atom. The Morgan fingerprint density at radius 2 is 2.11 bits per heavy atom. The van der Waals surface area contributed by atoms with Gasteiger partial charge in [-0.3, -0.25) is 0 Å². The summed E-state index contributed by atoms with van der Waals surface area (Å²) in [4.78, 5) is 4.31. The van der Waals surface area contributed by atoms with Crippen molar-refractivity contribution < 1.29 is 0 Å². The molecule has 0 fully saturated rings. The Morgan fingerprint density at radius 1 is 1.26 bits per heavy atom. The molecule has 0 bridgehead atoms. The van der Waals surface area contributed by atoms with Crippen LogP contribution < -0.4 is 5.32 Å². The first-order valence-electron chi connectivity index (χ1n) is 6.79.